The topological polar surface area (TPSA) is 50.8 Å². The molecule has 0 aliphatic carbocycles. The van der Waals surface area contributed by atoms with Gasteiger partial charge in [0.05, 0.1) is 5.69 Å². The molecule has 0 aromatic heterocycles. The van der Waals surface area contributed by atoms with E-state index in [1.54, 1.807) is 12.1 Å². The van der Waals surface area contributed by atoms with Crippen LogP contribution in [0.15, 0.2) is 78.9 Å². The van der Waals surface area contributed by atoms with Crippen molar-refractivity contribution in [3.63, 3.8) is 0 Å². The van der Waals surface area contributed by atoms with Gasteiger partial charge in [0.2, 0.25) is 0 Å². The van der Waals surface area contributed by atoms with Gasteiger partial charge in [-0.1, -0.05) is 36.4 Å². The van der Waals surface area contributed by atoms with Crippen molar-refractivity contribution in [1.82, 2.24) is 4.90 Å². The van der Waals surface area contributed by atoms with Crippen LogP contribution in [0.5, 0.6) is 17.2 Å². The zero-order chi connectivity index (χ0) is 22.9. The fraction of sp³-hybridized carbons (Fsp3) is 0.296. The molecule has 3 rings (SSSR count). The minimum Gasteiger partial charge on any atom is -0.490 e. The second kappa shape index (κ2) is 11.3. The van der Waals surface area contributed by atoms with E-state index in [0.717, 1.165) is 12.3 Å². The highest BCUT2D eigenvalue weighted by Gasteiger charge is 2.14. The lowest BCUT2D eigenvalue weighted by Crippen LogP contribution is -2.39. The molecular formula is C27H32N2O3. The maximum atomic E-state index is 12.9. The molecule has 0 heterocycles. The van der Waals surface area contributed by atoms with E-state index in [1.807, 2.05) is 66.7 Å². The summed E-state index contributed by atoms with van der Waals surface area (Å²) in [6, 6.07) is 25.0. The number of rotatable bonds is 10. The summed E-state index contributed by atoms with van der Waals surface area (Å²) in [5, 5.41) is 2.97. The normalized spacial score (nSPS) is 11.1. The molecule has 3 aromatic carbocycles. The number of hydrogen-bond donors (Lipinski definition) is 1. The van der Waals surface area contributed by atoms with Gasteiger partial charge in [-0.15, -0.1) is 0 Å². The largest absolute Gasteiger partial charge is 0.490 e. The SMILES string of the molecule is CC(C)N(CCOc1ccccc1NC(=O)c1cccc(Oc2ccccc2)c1)C(C)C. The summed E-state index contributed by atoms with van der Waals surface area (Å²) < 4.78 is 11.9. The predicted octanol–water partition coefficient (Wildman–Crippen LogP) is 6.23. The Morgan fingerprint density at radius 2 is 1.50 bits per heavy atom. The van der Waals surface area contributed by atoms with Crippen molar-refractivity contribution >= 4 is 11.6 Å². The molecule has 3 aromatic rings. The monoisotopic (exact) mass is 432 g/mol. The lowest BCUT2D eigenvalue weighted by Gasteiger charge is -2.30. The van der Waals surface area contributed by atoms with Crippen molar-refractivity contribution < 1.29 is 14.3 Å². The minimum atomic E-state index is -0.217. The highest BCUT2D eigenvalue weighted by molar-refractivity contribution is 6.05. The van der Waals surface area contributed by atoms with Gasteiger partial charge in [0.1, 0.15) is 23.9 Å². The van der Waals surface area contributed by atoms with Crippen LogP contribution < -0.4 is 14.8 Å². The second-order valence-electron chi connectivity index (χ2n) is 8.17. The molecule has 0 saturated carbocycles. The van der Waals surface area contributed by atoms with Crippen molar-refractivity contribution in [2.24, 2.45) is 0 Å². The van der Waals surface area contributed by atoms with E-state index in [4.69, 9.17) is 9.47 Å². The average Bonchev–Trinajstić information content (AvgIpc) is 2.78. The summed E-state index contributed by atoms with van der Waals surface area (Å²) in [6.07, 6.45) is 0. The van der Waals surface area contributed by atoms with E-state index in [2.05, 4.69) is 37.9 Å². The van der Waals surface area contributed by atoms with Crippen molar-refractivity contribution in [3.05, 3.63) is 84.4 Å². The van der Waals surface area contributed by atoms with Crippen LogP contribution in [0.4, 0.5) is 5.69 Å². The molecule has 0 aliphatic rings. The summed E-state index contributed by atoms with van der Waals surface area (Å²) in [5.74, 6) is 1.77. The molecule has 0 atom stereocenters. The summed E-state index contributed by atoms with van der Waals surface area (Å²) in [6.45, 7) is 10.1. The molecule has 0 fully saturated rings. The van der Waals surface area contributed by atoms with Gasteiger partial charge in [0, 0.05) is 24.2 Å². The molecule has 0 aliphatic heterocycles. The first-order valence-corrected chi connectivity index (χ1v) is 11.1. The fourth-order valence-corrected chi connectivity index (χ4v) is 3.59. The molecule has 1 amide bonds. The Morgan fingerprint density at radius 3 is 2.22 bits per heavy atom. The quantitative estimate of drug-likeness (QED) is 0.413. The first kappa shape index (κ1) is 23.4. The standard InChI is InChI=1S/C27H32N2O3/c1-20(2)29(21(3)4)17-18-31-26-16-9-8-15-25(26)28-27(30)22-11-10-14-24(19-22)32-23-12-6-5-7-13-23/h5-16,19-21H,17-18H2,1-4H3,(H,28,30). The Bertz CT molecular complexity index is 995. The van der Waals surface area contributed by atoms with Crippen LogP contribution in [0.25, 0.3) is 0 Å². The Hall–Kier alpha value is -3.31. The smallest absolute Gasteiger partial charge is 0.255 e. The Labute approximate surface area is 191 Å². The number of ether oxygens (including phenoxy) is 2. The highest BCUT2D eigenvalue weighted by atomic mass is 16.5. The zero-order valence-electron chi connectivity index (χ0n) is 19.2. The van der Waals surface area contributed by atoms with Crippen molar-refractivity contribution in [2.45, 2.75) is 39.8 Å². The van der Waals surface area contributed by atoms with Gasteiger partial charge < -0.3 is 14.8 Å². The molecule has 0 spiro atoms. The van der Waals surface area contributed by atoms with Gasteiger partial charge in [-0.25, -0.2) is 0 Å². The van der Waals surface area contributed by atoms with Gasteiger partial charge in [0.15, 0.2) is 0 Å². The summed E-state index contributed by atoms with van der Waals surface area (Å²) >= 11 is 0. The molecular weight excluding hydrogens is 400 g/mol. The number of nitrogens with zero attached hydrogens (tertiary/aromatic N) is 1. The van der Waals surface area contributed by atoms with Crippen LogP contribution in [0, 0.1) is 0 Å². The Kier molecular flexibility index (Phi) is 8.28. The van der Waals surface area contributed by atoms with E-state index in [9.17, 15) is 4.79 Å². The van der Waals surface area contributed by atoms with E-state index in [-0.39, 0.29) is 5.91 Å². The van der Waals surface area contributed by atoms with Gasteiger partial charge in [-0.2, -0.15) is 0 Å². The summed E-state index contributed by atoms with van der Waals surface area (Å²) in [4.78, 5) is 15.3. The van der Waals surface area contributed by atoms with E-state index in [0.29, 0.717) is 41.4 Å². The van der Waals surface area contributed by atoms with Gasteiger partial charge >= 0.3 is 0 Å². The number of nitrogens with one attached hydrogen (secondary N) is 1. The lowest BCUT2D eigenvalue weighted by atomic mass is 10.2. The molecule has 5 nitrogen and oxygen atoms in total. The zero-order valence-corrected chi connectivity index (χ0v) is 19.2. The van der Waals surface area contributed by atoms with Crippen LogP contribution in [0.3, 0.4) is 0 Å². The second-order valence-corrected chi connectivity index (χ2v) is 8.17. The van der Waals surface area contributed by atoms with Crippen LogP contribution >= 0.6 is 0 Å². The van der Waals surface area contributed by atoms with Gasteiger partial charge in [-0.05, 0) is 70.2 Å². The van der Waals surface area contributed by atoms with Gasteiger partial charge in [-0.3, -0.25) is 9.69 Å². The number of hydrogen-bond acceptors (Lipinski definition) is 4. The first-order chi connectivity index (χ1) is 15.4. The maximum Gasteiger partial charge on any atom is 0.255 e. The molecule has 0 radical (unpaired) electrons. The number of para-hydroxylation sites is 3. The number of amides is 1. The Morgan fingerprint density at radius 1 is 0.844 bits per heavy atom. The van der Waals surface area contributed by atoms with E-state index in [1.165, 1.54) is 0 Å². The van der Waals surface area contributed by atoms with Crippen LogP contribution in [0.2, 0.25) is 0 Å². The molecule has 0 unspecified atom stereocenters. The number of carbonyl (C=O) groups is 1. The Balaban J connectivity index is 1.65. The molecule has 168 valence electrons. The van der Waals surface area contributed by atoms with Crippen molar-refractivity contribution in [3.8, 4) is 17.2 Å². The third-order valence-electron chi connectivity index (χ3n) is 5.14. The number of benzene rings is 3. The lowest BCUT2D eigenvalue weighted by molar-refractivity contribution is 0.102. The third-order valence-corrected chi connectivity index (χ3v) is 5.14. The molecule has 1 N–H and O–H groups in total. The molecule has 0 bridgehead atoms. The first-order valence-electron chi connectivity index (χ1n) is 11.1. The molecule has 5 heteroatoms. The highest BCUT2D eigenvalue weighted by Crippen LogP contribution is 2.26. The van der Waals surface area contributed by atoms with Gasteiger partial charge in [0.25, 0.3) is 5.91 Å². The third kappa shape index (κ3) is 6.59. The fourth-order valence-electron chi connectivity index (χ4n) is 3.59. The van der Waals surface area contributed by atoms with Crippen molar-refractivity contribution in [1.29, 1.82) is 0 Å². The molecule has 32 heavy (non-hydrogen) atoms. The minimum absolute atomic E-state index is 0.217. The van der Waals surface area contributed by atoms with Crippen LogP contribution in [-0.2, 0) is 0 Å². The average molecular weight is 433 g/mol. The van der Waals surface area contributed by atoms with E-state index >= 15 is 0 Å². The molecule has 0 saturated heterocycles. The number of anilines is 1. The number of carbonyl (C=O) groups excluding carboxylic acids is 1. The van der Waals surface area contributed by atoms with Crippen molar-refractivity contribution in [2.75, 3.05) is 18.5 Å². The van der Waals surface area contributed by atoms with E-state index < -0.39 is 0 Å². The summed E-state index contributed by atoms with van der Waals surface area (Å²) in [7, 11) is 0. The predicted molar refractivity (Wildman–Crippen MR) is 130 cm³/mol. The van der Waals surface area contributed by atoms with Crippen LogP contribution in [0.1, 0.15) is 38.1 Å². The van der Waals surface area contributed by atoms with Crippen LogP contribution in [-0.4, -0.2) is 36.0 Å². The summed E-state index contributed by atoms with van der Waals surface area (Å²) in [5.41, 5.74) is 1.16. The maximum absolute atomic E-state index is 12.9.